The average molecular weight is 342 g/mol. The Hall–Kier alpha value is -2.86. The van der Waals surface area contributed by atoms with Crippen LogP contribution in [0.1, 0.15) is 5.56 Å². The second kappa shape index (κ2) is 7.61. The molecule has 24 heavy (non-hydrogen) atoms. The third kappa shape index (κ3) is 4.33. The minimum atomic E-state index is 0.449. The van der Waals surface area contributed by atoms with Crippen LogP contribution >= 0.6 is 11.6 Å². The van der Waals surface area contributed by atoms with Crippen molar-refractivity contribution in [2.45, 2.75) is 6.54 Å². The lowest BCUT2D eigenvalue weighted by molar-refractivity contribution is 0.414. The van der Waals surface area contributed by atoms with E-state index in [-0.39, 0.29) is 0 Å². The van der Waals surface area contributed by atoms with Gasteiger partial charge in [0.2, 0.25) is 5.95 Å². The molecule has 0 aliphatic heterocycles. The van der Waals surface area contributed by atoms with Gasteiger partial charge in [-0.1, -0.05) is 23.7 Å². The van der Waals surface area contributed by atoms with E-state index in [2.05, 4.69) is 25.8 Å². The molecular formula is C17H16ClN5O. The third-order valence-electron chi connectivity index (χ3n) is 3.29. The number of hydrogen-bond acceptors (Lipinski definition) is 6. The standard InChI is InChI=1S/C17H16ClN5O/c1-24-15-8-2-12(3-9-15)10-19-17-22-16(11-20-23-17)21-14-6-4-13(18)5-7-14/h2-9,11H,10H2,1H3,(H2,19,21,22,23). The Bertz CT molecular complexity index is 793. The zero-order valence-corrected chi connectivity index (χ0v) is 13.8. The summed E-state index contributed by atoms with van der Waals surface area (Å²) in [7, 11) is 1.64. The van der Waals surface area contributed by atoms with Gasteiger partial charge in [-0.3, -0.25) is 0 Å². The fourth-order valence-electron chi connectivity index (χ4n) is 2.04. The largest absolute Gasteiger partial charge is 0.497 e. The van der Waals surface area contributed by atoms with Crippen molar-refractivity contribution in [3.05, 3.63) is 65.3 Å². The van der Waals surface area contributed by atoms with E-state index in [9.17, 15) is 0 Å². The second-order valence-electron chi connectivity index (χ2n) is 5.00. The van der Waals surface area contributed by atoms with Crippen molar-refractivity contribution in [3.8, 4) is 5.75 Å². The fourth-order valence-corrected chi connectivity index (χ4v) is 2.17. The van der Waals surface area contributed by atoms with E-state index in [1.165, 1.54) is 0 Å². The summed E-state index contributed by atoms with van der Waals surface area (Å²) in [5.41, 5.74) is 1.97. The molecule has 1 heterocycles. The highest BCUT2D eigenvalue weighted by Crippen LogP contribution is 2.18. The molecule has 3 rings (SSSR count). The molecule has 0 fully saturated rings. The van der Waals surface area contributed by atoms with E-state index in [4.69, 9.17) is 16.3 Å². The number of rotatable bonds is 6. The fraction of sp³-hybridized carbons (Fsp3) is 0.118. The molecule has 0 unspecified atom stereocenters. The molecule has 2 N–H and O–H groups in total. The average Bonchev–Trinajstić information content (AvgIpc) is 2.63. The van der Waals surface area contributed by atoms with Crippen LogP contribution in [0.5, 0.6) is 5.75 Å². The van der Waals surface area contributed by atoms with E-state index in [1.807, 2.05) is 36.4 Å². The van der Waals surface area contributed by atoms with Gasteiger partial charge in [0.1, 0.15) is 5.75 Å². The normalized spacial score (nSPS) is 10.2. The number of nitrogens with one attached hydrogen (secondary N) is 2. The van der Waals surface area contributed by atoms with Crippen LogP contribution in [0.3, 0.4) is 0 Å². The van der Waals surface area contributed by atoms with Gasteiger partial charge in [-0.2, -0.15) is 10.1 Å². The van der Waals surface area contributed by atoms with Crippen LogP contribution < -0.4 is 15.4 Å². The smallest absolute Gasteiger partial charge is 0.244 e. The van der Waals surface area contributed by atoms with Crippen LogP contribution in [-0.4, -0.2) is 22.3 Å². The summed E-state index contributed by atoms with van der Waals surface area (Å²) in [5, 5.41) is 14.9. The maximum Gasteiger partial charge on any atom is 0.244 e. The van der Waals surface area contributed by atoms with Crippen molar-refractivity contribution in [2.75, 3.05) is 17.7 Å². The molecule has 0 aliphatic carbocycles. The Morgan fingerprint density at radius 3 is 2.50 bits per heavy atom. The van der Waals surface area contributed by atoms with Crippen molar-refractivity contribution < 1.29 is 4.74 Å². The number of anilines is 3. The molecule has 2 aromatic carbocycles. The van der Waals surface area contributed by atoms with Gasteiger partial charge in [0.05, 0.1) is 13.3 Å². The number of methoxy groups -OCH3 is 1. The molecular weight excluding hydrogens is 326 g/mol. The summed E-state index contributed by atoms with van der Waals surface area (Å²) >= 11 is 5.87. The lowest BCUT2D eigenvalue weighted by atomic mass is 10.2. The van der Waals surface area contributed by atoms with Crippen LogP contribution in [-0.2, 0) is 6.54 Å². The maximum absolute atomic E-state index is 5.87. The summed E-state index contributed by atoms with van der Waals surface area (Å²) < 4.78 is 5.14. The minimum absolute atomic E-state index is 0.449. The molecule has 0 aliphatic rings. The lowest BCUT2D eigenvalue weighted by Crippen LogP contribution is -2.06. The number of ether oxygens (including phenoxy) is 1. The van der Waals surface area contributed by atoms with E-state index in [0.717, 1.165) is 17.0 Å². The maximum atomic E-state index is 5.87. The molecule has 122 valence electrons. The van der Waals surface area contributed by atoms with Crippen molar-refractivity contribution in [3.63, 3.8) is 0 Å². The minimum Gasteiger partial charge on any atom is -0.497 e. The van der Waals surface area contributed by atoms with Crippen molar-refractivity contribution >= 4 is 29.1 Å². The number of hydrogen-bond donors (Lipinski definition) is 2. The molecule has 6 nitrogen and oxygen atoms in total. The summed E-state index contributed by atoms with van der Waals surface area (Å²) in [6.07, 6.45) is 1.56. The Morgan fingerprint density at radius 1 is 1.04 bits per heavy atom. The van der Waals surface area contributed by atoms with Crippen LogP contribution in [0, 0.1) is 0 Å². The summed E-state index contributed by atoms with van der Waals surface area (Å²) in [5.74, 6) is 1.88. The van der Waals surface area contributed by atoms with E-state index in [0.29, 0.717) is 23.3 Å². The van der Waals surface area contributed by atoms with Crippen LogP contribution in [0.25, 0.3) is 0 Å². The van der Waals surface area contributed by atoms with Gasteiger partial charge in [-0.05, 0) is 42.0 Å². The predicted molar refractivity (Wildman–Crippen MR) is 94.9 cm³/mol. The molecule has 0 saturated carbocycles. The van der Waals surface area contributed by atoms with Gasteiger partial charge in [-0.25, -0.2) is 0 Å². The summed E-state index contributed by atoms with van der Waals surface area (Å²) in [4.78, 5) is 4.39. The topological polar surface area (TPSA) is 72.0 Å². The zero-order chi connectivity index (χ0) is 16.8. The Labute approximate surface area is 144 Å². The summed E-state index contributed by atoms with van der Waals surface area (Å²) in [6.45, 7) is 0.593. The van der Waals surface area contributed by atoms with E-state index >= 15 is 0 Å². The molecule has 0 saturated heterocycles. The van der Waals surface area contributed by atoms with Gasteiger partial charge >= 0.3 is 0 Å². The Kier molecular flexibility index (Phi) is 5.08. The van der Waals surface area contributed by atoms with Gasteiger partial charge in [-0.15, -0.1) is 5.10 Å². The van der Waals surface area contributed by atoms with Crippen molar-refractivity contribution in [2.24, 2.45) is 0 Å². The molecule has 0 bridgehead atoms. The van der Waals surface area contributed by atoms with Crippen molar-refractivity contribution in [1.82, 2.24) is 15.2 Å². The summed E-state index contributed by atoms with van der Waals surface area (Å²) in [6, 6.07) is 15.1. The molecule has 0 atom stereocenters. The quantitative estimate of drug-likeness (QED) is 0.708. The second-order valence-corrected chi connectivity index (χ2v) is 5.44. The predicted octanol–water partition coefficient (Wildman–Crippen LogP) is 3.89. The number of benzene rings is 2. The highest BCUT2D eigenvalue weighted by atomic mass is 35.5. The van der Waals surface area contributed by atoms with Gasteiger partial charge < -0.3 is 15.4 Å². The lowest BCUT2D eigenvalue weighted by Gasteiger charge is -2.08. The number of nitrogens with zero attached hydrogens (tertiary/aromatic N) is 3. The first kappa shape index (κ1) is 16.0. The highest BCUT2D eigenvalue weighted by Gasteiger charge is 2.02. The van der Waals surface area contributed by atoms with E-state index < -0.39 is 0 Å². The highest BCUT2D eigenvalue weighted by molar-refractivity contribution is 6.30. The Balaban J connectivity index is 1.63. The molecule has 7 heteroatoms. The first-order chi connectivity index (χ1) is 11.7. The molecule has 0 spiro atoms. The zero-order valence-electron chi connectivity index (χ0n) is 13.0. The first-order valence-electron chi connectivity index (χ1n) is 7.32. The van der Waals surface area contributed by atoms with Crippen LogP contribution in [0.2, 0.25) is 5.02 Å². The number of aromatic nitrogens is 3. The third-order valence-corrected chi connectivity index (χ3v) is 3.54. The van der Waals surface area contributed by atoms with E-state index in [1.54, 1.807) is 25.4 Å². The SMILES string of the molecule is COc1ccc(CNc2nncc(Nc3ccc(Cl)cc3)n2)cc1. The molecule has 1 aromatic heterocycles. The Morgan fingerprint density at radius 2 is 1.79 bits per heavy atom. The van der Waals surface area contributed by atoms with Gasteiger partial charge in [0, 0.05) is 17.3 Å². The monoisotopic (exact) mass is 341 g/mol. The number of halogens is 1. The van der Waals surface area contributed by atoms with Gasteiger partial charge in [0.15, 0.2) is 5.82 Å². The van der Waals surface area contributed by atoms with Crippen molar-refractivity contribution in [1.29, 1.82) is 0 Å². The molecule has 0 amide bonds. The van der Waals surface area contributed by atoms with Crippen LogP contribution in [0.4, 0.5) is 17.5 Å². The molecule has 0 radical (unpaired) electrons. The van der Waals surface area contributed by atoms with Crippen LogP contribution in [0.15, 0.2) is 54.7 Å². The van der Waals surface area contributed by atoms with Gasteiger partial charge in [0.25, 0.3) is 0 Å². The molecule has 3 aromatic rings. The first-order valence-corrected chi connectivity index (χ1v) is 7.70.